The van der Waals surface area contributed by atoms with Crippen LogP contribution in [0.1, 0.15) is 27.2 Å². The Morgan fingerprint density at radius 1 is 1.37 bits per heavy atom. The topological polar surface area (TPSA) is 73.6 Å². The van der Waals surface area contributed by atoms with Gasteiger partial charge in [-0.15, -0.1) is 0 Å². The second-order valence-electron chi connectivity index (χ2n) is 5.23. The summed E-state index contributed by atoms with van der Waals surface area (Å²) in [4.78, 5) is 11.9. The highest BCUT2D eigenvalue weighted by molar-refractivity contribution is 5.92. The van der Waals surface area contributed by atoms with Crippen molar-refractivity contribution < 1.29 is 14.3 Å². The molecule has 1 aromatic rings. The van der Waals surface area contributed by atoms with Gasteiger partial charge < -0.3 is 20.5 Å². The Bertz CT molecular complexity index is 486. The summed E-state index contributed by atoms with van der Waals surface area (Å²) in [6, 6.07) is 5.38. The van der Waals surface area contributed by atoms with Crippen molar-refractivity contribution in [3.8, 4) is 11.5 Å². The van der Waals surface area contributed by atoms with E-state index in [-0.39, 0.29) is 11.8 Å². The number of fused-ring (bicyclic) bond motifs is 1. The number of nitrogens with one attached hydrogen (secondary N) is 1. The molecule has 5 nitrogen and oxygen atoms in total. The number of carbonyl (C=O) groups excluding carboxylic acids is 1. The molecule has 0 saturated carbocycles. The van der Waals surface area contributed by atoms with Gasteiger partial charge in [0.25, 0.3) is 0 Å². The lowest BCUT2D eigenvalue weighted by Gasteiger charge is -2.16. The molecule has 1 atom stereocenters. The van der Waals surface area contributed by atoms with Crippen LogP contribution in [0.5, 0.6) is 11.5 Å². The van der Waals surface area contributed by atoms with Crippen LogP contribution in [0.15, 0.2) is 18.2 Å². The molecule has 1 aliphatic rings. The fraction of sp³-hybridized carbons (Fsp3) is 0.500. The van der Waals surface area contributed by atoms with Crippen LogP contribution in [0.4, 0.5) is 5.69 Å². The van der Waals surface area contributed by atoms with Gasteiger partial charge in [0, 0.05) is 31.5 Å². The van der Waals surface area contributed by atoms with Crippen LogP contribution in [0.3, 0.4) is 0 Å². The molecule has 1 heterocycles. The van der Waals surface area contributed by atoms with Crippen molar-refractivity contribution in [1.29, 1.82) is 0 Å². The maximum absolute atomic E-state index is 11.9. The summed E-state index contributed by atoms with van der Waals surface area (Å²) in [5.74, 6) is 0.542. The number of nitrogens with two attached hydrogens (primary N) is 1. The van der Waals surface area contributed by atoms with Gasteiger partial charge in [-0.25, -0.2) is 0 Å². The molecule has 5 heteroatoms. The van der Waals surface area contributed by atoms with Gasteiger partial charge >= 0.3 is 0 Å². The molecular weight excluding hydrogens is 244 g/mol. The van der Waals surface area contributed by atoms with Gasteiger partial charge in [0.05, 0.1) is 0 Å². The van der Waals surface area contributed by atoms with Crippen LogP contribution in [0, 0.1) is 5.92 Å². The Morgan fingerprint density at radius 3 is 2.74 bits per heavy atom. The van der Waals surface area contributed by atoms with Gasteiger partial charge in [0.1, 0.15) is 0 Å². The van der Waals surface area contributed by atoms with Crippen molar-refractivity contribution >= 4 is 11.6 Å². The highest BCUT2D eigenvalue weighted by Crippen LogP contribution is 2.40. The second kappa shape index (κ2) is 5.09. The molecule has 3 N–H and O–H groups in total. The quantitative estimate of drug-likeness (QED) is 0.873. The van der Waals surface area contributed by atoms with E-state index in [1.807, 2.05) is 20.8 Å². The van der Waals surface area contributed by atoms with Crippen LogP contribution in [0.2, 0.25) is 0 Å². The van der Waals surface area contributed by atoms with Gasteiger partial charge in [-0.2, -0.15) is 0 Å². The van der Waals surface area contributed by atoms with Crippen LogP contribution < -0.4 is 20.5 Å². The average molecular weight is 264 g/mol. The number of carbonyl (C=O) groups is 1. The summed E-state index contributed by atoms with van der Waals surface area (Å²) in [6.07, 6.45) is 0.670. The predicted octanol–water partition coefficient (Wildman–Crippen LogP) is 2.12. The lowest BCUT2D eigenvalue weighted by atomic mass is 10.1. The third-order valence-corrected chi connectivity index (χ3v) is 2.97. The zero-order valence-electron chi connectivity index (χ0n) is 11.5. The van der Waals surface area contributed by atoms with Gasteiger partial charge in [-0.3, -0.25) is 4.79 Å². The first-order chi connectivity index (χ1) is 8.91. The predicted molar refractivity (Wildman–Crippen MR) is 73.2 cm³/mol. The normalized spacial score (nSPS) is 17.1. The minimum Gasteiger partial charge on any atom is -0.449 e. The van der Waals surface area contributed by atoms with Crippen molar-refractivity contribution in [3.05, 3.63) is 18.2 Å². The zero-order chi connectivity index (χ0) is 14.0. The first kappa shape index (κ1) is 13.7. The molecule has 0 radical (unpaired) electrons. The molecule has 104 valence electrons. The van der Waals surface area contributed by atoms with E-state index < -0.39 is 5.79 Å². The number of ether oxygens (including phenoxy) is 2. The summed E-state index contributed by atoms with van der Waals surface area (Å²) in [6.45, 7) is 6.05. The number of rotatable bonds is 4. The Balaban J connectivity index is 2.06. The first-order valence-corrected chi connectivity index (χ1v) is 6.44. The third-order valence-electron chi connectivity index (χ3n) is 2.97. The lowest BCUT2D eigenvalue weighted by Crippen LogP contribution is -2.29. The molecule has 1 unspecified atom stereocenters. The Labute approximate surface area is 113 Å². The second-order valence-corrected chi connectivity index (χ2v) is 5.23. The largest absolute Gasteiger partial charge is 0.449 e. The molecule has 1 aliphatic heterocycles. The first-order valence-electron chi connectivity index (χ1n) is 6.44. The van der Waals surface area contributed by atoms with Crippen molar-refractivity contribution in [1.82, 2.24) is 0 Å². The smallest absolute Gasteiger partial charge is 0.246 e. The lowest BCUT2D eigenvalue weighted by molar-refractivity contribution is -0.119. The molecule has 1 amide bonds. The van der Waals surface area contributed by atoms with E-state index in [0.29, 0.717) is 30.2 Å². The maximum Gasteiger partial charge on any atom is 0.246 e. The van der Waals surface area contributed by atoms with E-state index in [1.165, 1.54) is 0 Å². The molecule has 0 saturated heterocycles. The molecule has 0 aliphatic carbocycles. The number of amides is 1. The molecule has 0 spiro atoms. The van der Waals surface area contributed by atoms with Crippen LogP contribution >= 0.6 is 0 Å². The summed E-state index contributed by atoms with van der Waals surface area (Å²) in [5.41, 5.74) is 6.15. The van der Waals surface area contributed by atoms with E-state index in [9.17, 15) is 4.79 Å². The minimum absolute atomic E-state index is 0.0384. The average Bonchev–Trinajstić information content (AvgIpc) is 2.62. The fourth-order valence-electron chi connectivity index (χ4n) is 1.95. The number of hydrogen-bond donors (Lipinski definition) is 2. The Morgan fingerprint density at radius 2 is 2.05 bits per heavy atom. The highest BCUT2D eigenvalue weighted by Gasteiger charge is 2.31. The molecular formula is C14H20N2O3. The van der Waals surface area contributed by atoms with Gasteiger partial charge in [0.2, 0.25) is 11.7 Å². The minimum atomic E-state index is -0.655. The summed E-state index contributed by atoms with van der Waals surface area (Å²) < 4.78 is 11.2. The van der Waals surface area contributed by atoms with E-state index >= 15 is 0 Å². The Hall–Kier alpha value is -1.75. The number of hydrogen-bond acceptors (Lipinski definition) is 4. The van der Waals surface area contributed by atoms with E-state index in [2.05, 4.69) is 5.32 Å². The van der Waals surface area contributed by atoms with E-state index in [0.717, 1.165) is 0 Å². The van der Waals surface area contributed by atoms with Crippen molar-refractivity contribution in [3.63, 3.8) is 0 Å². The summed E-state index contributed by atoms with van der Waals surface area (Å²) >= 11 is 0. The van der Waals surface area contributed by atoms with E-state index in [1.54, 1.807) is 18.2 Å². The Kier molecular flexibility index (Phi) is 3.66. The van der Waals surface area contributed by atoms with Crippen molar-refractivity contribution in [2.75, 3.05) is 11.9 Å². The van der Waals surface area contributed by atoms with Crippen molar-refractivity contribution in [2.45, 2.75) is 33.0 Å². The molecule has 19 heavy (non-hydrogen) atoms. The standard InChI is InChI=1S/C14H20N2O3/c1-9(6-7-15)13(17)16-10-4-5-11-12(8-10)19-14(2,3)18-11/h4-5,8-9H,6-7,15H2,1-3H3,(H,16,17). The SMILES string of the molecule is CC(CCN)C(=O)Nc1ccc2c(c1)OC(C)(C)O2. The number of anilines is 1. The van der Waals surface area contributed by atoms with Gasteiger partial charge in [-0.1, -0.05) is 6.92 Å². The highest BCUT2D eigenvalue weighted by atomic mass is 16.7. The molecule has 0 bridgehead atoms. The monoisotopic (exact) mass is 264 g/mol. The molecule has 0 fully saturated rings. The van der Waals surface area contributed by atoms with E-state index in [4.69, 9.17) is 15.2 Å². The van der Waals surface area contributed by atoms with Crippen LogP contribution in [0.25, 0.3) is 0 Å². The maximum atomic E-state index is 11.9. The molecule has 0 aromatic heterocycles. The van der Waals surface area contributed by atoms with Crippen LogP contribution in [-0.2, 0) is 4.79 Å². The molecule has 1 aromatic carbocycles. The van der Waals surface area contributed by atoms with Gasteiger partial charge in [-0.05, 0) is 25.1 Å². The molecule has 2 rings (SSSR count). The fourth-order valence-corrected chi connectivity index (χ4v) is 1.95. The third kappa shape index (κ3) is 3.17. The summed E-state index contributed by atoms with van der Waals surface area (Å²) in [7, 11) is 0. The zero-order valence-corrected chi connectivity index (χ0v) is 11.5. The number of benzene rings is 1. The van der Waals surface area contributed by atoms with Crippen molar-refractivity contribution in [2.24, 2.45) is 11.7 Å². The van der Waals surface area contributed by atoms with Gasteiger partial charge in [0.15, 0.2) is 11.5 Å². The summed E-state index contributed by atoms with van der Waals surface area (Å²) in [5, 5.41) is 2.85. The van der Waals surface area contributed by atoms with Crippen LogP contribution in [-0.4, -0.2) is 18.2 Å².